The van der Waals surface area contributed by atoms with E-state index >= 15 is 0 Å². The summed E-state index contributed by atoms with van der Waals surface area (Å²) in [5.74, 6) is 1.44. The molecular weight excluding hydrogens is 314 g/mol. The lowest BCUT2D eigenvalue weighted by molar-refractivity contribution is 0.251. The first-order valence-corrected chi connectivity index (χ1v) is 8.24. The first-order valence-electron chi connectivity index (χ1n) is 8.24. The molecule has 3 rings (SSSR count). The first kappa shape index (κ1) is 17.0. The van der Waals surface area contributed by atoms with Gasteiger partial charge in [0.2, 0.25) is 0 Å². The van der Waals surface area contributed by atoms with Crippen LogP contribution in [0.5, 0.6) is 11.5 Å². The van der Waals surface area contributed by atoms with E-state index in [2.05, 4.69) is 14.9 Å². The summed E-state index contributed by atoms with van der Waals surface area (Å²) in [7, 11) is 5.70. The van der Waals surface area contributed by atoms with Crippen LogP contribution in [0.25, 0.3) is 22.5 Å². The lowest BCUT2D eigenvalue weighted by atomic mass is 10.0. The number of ether oxygens (including phenoxy) is 2. The van der Waals surface area contributed by atoms with Crippen molar-refractivity contribution in [3.63, 3.8) is 0 Å². The van der Waals surface area contributed by atoms with Crippen LogP contribution >= 0.6 is 0 Å². The molecule has 0 atom stereocenters. The number of para-hydroxylation sites is 1. The molecule has 1 aromatic heterocycles. The molecule has 0 radical (unpaired) electrons. The fourth-order valence-corrected chi connectivity index (χ4v) is 2.67. The molecule has 25 heavy (non-hydrogen) atoms. The summed E-state index contributed by atoms with van der Waals surface area (Å²) in [5, 5.41) is 0. The summed E-state index contributed by atoms with van der Waals surface area (Å²) >= 11 is 0. The number of rotatable bonds is 7. The number of H-pyrrole nitrogens is 1. The van der Waals surface area contributed by atoms with E-state index in [4.69, 9.17) is 9.47 Å². The lowest BCUT2D eigenvalue weighted by Gasteiger charge is -2.17. The Hall–Kier alpha value is -2.79. The van der Waals surface area contributed by atoms with Crippen molar-refractivity contribution in [1.29, 1.82) is 0 Å². The minimum Gasteiger partial charge on any atom is -0.493 e. The van der Waals surface area contributed by atoms with Crippen LogP contribution in [-0.2, 0) is 0 Å². The van der Waals surface area contributed by atoms with E-state index in [0.717, 1.165) is 34.8 Å². The van der Waals surface area contributed by atoms with Crippen LogP contribution in [0.4, 0.5) is 0 Å². The van der Waals surface area contributed by atoms with E-state index in [1.165, 1.54) is 0 Å². The van der Waals surface area contributed by atoms with Gasteiger partial charge in [0.1, 0.15) is 6.61 Å². The Balaban J connectivity index is 2.02. The molecule has 0 aliphatic rings. The van der Waals surface area contributed by atoms with Gasteiger partial charge < -0.3 is 19.4 Å². The largest absolute Gasteiger partial charge is 0.493 e. The van der Waals surface area contributed by atoms with E-state index in [-0.39, 0.29) is 0 Å². The van der Waals surface area contributed by atoms with Crippen molar-refractivity contribution in [3.05, 3.63) is 54.9 Å². The van der Waals surface area contributed by atoms with Gasteiger partial charge in [0.15, 0.2) is 11.5 Å². The number of methoxy groups -OCH3 is 1. The summed E-state index contributed by atoms with van der Waals surface area (Å²) in [6, 6.07) is 16.0. The Morgan fingerprint density at radius 2 is 1.84 bits per heavy atom. The lowest BCUT2D eigenvalue weighted by Crippen LogP contribution is -2.19. The first-order chi connectivity index (χ1) is 12.2. The molecule has 130 valence electrons. The Kier molecular flexibility index (Phi) is 5.36. The second kappa shape index (κ2) is 7.85. The highest BCUT2D eigenvalue weighted by molar-refractivity contribution is 5.82. The van der Waals surface area contributed by atoms with Gasteiger partial charge in [-0.3, -0.25) is 0 Å². The van der Waals surface area contributed by atoms with Crippen molar-refractivity contribution in [2.45, 2.75) is 0 Å². The standard InChI is InChI=1S/C20H23N3O2/c1-23(2)12-13-25-20-16(10-7-11-17(20)24-3)19-18(21-14-22-19)15-8-5-4-6-9-15/h4-11,14H,12-13H2,1-3H3,(H,21,22). The average Bonchev–Trinajstić information content (AvgIpc) is 3.11. The zero-order chi connectivity index (χ0) is 17.6. The van der Waals surface area contributed by atoms with Gasteiger partial charge in [-0.15, -0.1) is 0 Å². The zero-order valence-electron chi connectivity index (χ0n) is 14.8. The second-order valence-corrected chi connectivity index (χ2v) is 5.98. The zero-order valence-corrected chi connectivity index (χ0v) is 14.8. The molecule has 1 heterocycles. The van der Waals surface area contributed by atoms with E-state index in [9.17, 15) is 0 Å². The Bertz CT molecular complexity index is 813. The number of hydrogen-bond donors (Lipinski definition) is 1. The van der Waals surface area contributed by atoms with Gasteiger partial charge in [-0.25, -0.2) is 4.98 Å². The summed E-state index contributed by atoms with van der Waals surface area (Å²) in [6.07, 6.45) is 1.71. The topological polar surface area (TPSA) is 50.4 Å². The molecule has 3 aromatic rings. The Morgan fingerprint density at radius 3 is 2.56 bits per heavy atom. The SMILES string of the molecule is COc1cccc(-c2[nH]cnc2-c2ccccc2)c1OCCN(C)C. The van der Waals surface area contributed by atoms with E-state index < -0.39 is 0 Å². The Labute approximate surface area is 148 Å². The number of imidazole rings is 1. The van der Waals surface area contributed by atoms with E-state index in [0.29, 0.717) is 12.4 Å². The maximum Gasteiger partial charge on any atom is 0.170 e. The molecule has 5 nitrogen and oxygen atoms in total. The number of nitrogens with one attached hydrogen (secondary N) is 1. The Morgan fingerprint density at radius 1 is 1.04 bits per heavy atom. The molecule has 0 amide bonds. The van der Waals surface area contributed by atoms with Crippen LogP contribution in [0.1, 0.15) is 0 Å². The molecule has 0 unspecified atom stereocenters. The van der Waals surface area contributed by atoms with Gasteiger partial charge in [-0.05, 0) is 26.2 Å². The molecule has 1 N–H and O–H groups in total. The van der Waals surface area contributed by atoms with Crippen molar-refractivity contribution in [3.8, 4) is 34.0 Å². The molecule has 0 saturated heterocycles. The molecule has 0 aliphatic heterocycles. The summed E-state index contributed by atoms with van der Waals surface area (Å²) < 4.78 is 11.6. The third-order valence-corrected chi connectivity index (χ3v) is 3.94. The van der Waals surface area contributed by atoms with E-state index in [1.54, 1.807) is 13.4 Å². The fourth-order valence-electron chi connectivity index (χ4n) is 2.67. The highest BCUT2D eigenvalue weighted by Crippen LogP contribution is 2.40. The normalized spacial score (nSPS) is 10.9. The number of nitrogens with zero attached hydrogens (tertiary/aromatic N) is 2. The minimum atomic E-state index is 0.579. The molecule has 0 spiro atoms. The summed E-state index contributed by atoms with van der Waals surface area (Å²) in [5.41, 5.74) is 3.81. The van der Waals surface area contributed by atoms with Crippen molar-refractivity contribution in [2.24, 2.45) is 0 Å². The predicted molar refractivity (Wildman–Crippen MR) is 100 cm³/mol. The molecule has 5 heteroatoms. The van der Waals surface area contributed by atoms with Gasteiger partial charge in [0.25, 0.3) is 0 Å². The summed E-state index contributed by atoms with van der Waals surface area (Å²) in [4.78, 5) is 9.85. The van der Waals surface area contributed by atoms with Crippen LogP contribution in [0.3, 0.4) is 0 Å². The molecule has 0 fully saturated rings. The molecule has 0 bridgehead atoms. The third-order valence-electron chi connectivity index (χ3n) is 3.94. The molecule has 2 aromatic carbocycles. The van der Waals surface area contributed by atoms with Crippen LogP contribution in [0.15, 0.2) is 54.9 Å². The van der Waals surface area contributed by atoms with Crippen LogP contribution in [0.2, 0.25) is 0 Å². The molecule has 0 saturated carbocycles. The predicted octanol–water partition coefficient (Wildman–Crippen LogP) is 3.69. The smallest absolute Gasteiger partial charge is 0.170 e. The second-order valence-electron chi connectivity index (χ2n) is 5.98. The molecule has 0 aliphatic carbocycles. The third kappa shape index (κ3) is 3.83. The maximum absolute atomic E-state index is 6.07. The van der Waals surface area contributed by atoms with Gasteiger partial charge in [-0.2, -0.15) is 0 Å². The van der Waals surface area contributed by atoms with Crippen molar-refractivity contribution < 1.29 is 9.47 Å². The van der Waals surface area contributed by atoms with Gasteiger partial charge in [-0.1, -0.05) is 36.4 Å². The van der Waals surface area contributed by atoms with Crippen molar-refractivity contribution in [1.82, 2.24) is 14.9 Å². The van der Waals surface area contributed by atoms with Crippen LogP contribution in [-0.4, -0.2) is 49.2 Å². The number of hydrogen-bond acceptors (Lipinski definition) is 4. The number of aromatic amines is 1. The van der Waals surface area contributed by atoms with Crippen molar-refractivity contribution >= 4 is 0 Å². The van der Waals surface area contributed by atoms with Crippen molar-refractivity contribution in [2.75, 3.05) is 34.4 Å². The summed E-state index contributed by atoms with van der Waals surface area (Å²) in [6.45, 7) is 1.40. The van der Waals surface area contributed by atoms with Gasteiger partial charge in [0, 0.05) is 17.7 Å². The van der Waals surface area contributed by atoms with Crippen LogP contribution < -0.4 is 9.47 Å². The number of likely N-dealkylation sites (N-methyl/N-ethyl adjacent to an activating group) is 1. The van der Waals surface area contributed by atoms with Crippen LogP contribution in [0, 0.1) is 0 Å². The number of aromatic nitrogens is 2. The molecular formula is C20H23N3O2. The highest BCUT2D eigenvalue weighted by Gasteiger charge is 2.18. The van der Waals surface area contributed by atoms with E-state index in [1.807, 2.05) is 62.6 Å². The van der Waals surface area contributed by atoms with Gasteiger partial charge in [0.05, 0.1) is 24.8 Å². The highest BCUT2D eigenvalue weighted by atomic mass is 16.5. The fraction of sp³-hybridized carbons (Fsp3) is 0.250. The number of benzene rings is 2. The minimum absolute atomic E-state index is 0.579. The monoisotopic (exact) mass is 337 g/mol. The quantitative estimate of drug-likeness (QED) is 0.714. The van der Waals surface area contributed by atoms with Gasteiger partial charge >= 0.3 is 0 Å². The maximum atomic E-state index is 6.07. The average molecular weight is 337 g/mol.